The number of aromatic nitrogens is 3. The highest BCUT2D eigenvalue weighted by Crippen LogP contribution is 2.35. The van der Waals surface area contributed by atoms with E-state index < -0.39 is 0 Å². The van der Waals surface area contributed by atoms with Gasteiger partial charge in [0.25, 0.3) is 0 Å². The lowest BCUT2D eigenvalue weighted by Gasteiger charge is -2.31. The molecule has 0 aliphatic heterocycles. The monoisotopic (exact) mass is 342 g/mol. The summed E-state index contributed by atoms with van der Waals surface area (Å²) in [5, 5.41) is 3.20. The fourth-order valence-electron chi connectivity index (χ4n) is 2.90. The maximum atomic E-state index is 11.4. The van der Waals surface area contributed by atoms with Gasteiger partial charge in [0.05, 0.1) is 24.0 Å². The van der Waals surface area contributed by atoms with E-state index >= 15 is 0 Å². The van der Waals surface area contributed by atoms with Gasteiger partial charge in [-0.3, -0.25) is 0 Å². The van der Waals surface area contributed by atoms with Crippen LogP contribution in [-0.2, 0) is 4.79 Å². The molecule has 2 rings (SSSR count). The second kappa shape index (κ2) is 7.92. The number of aryl methyl sites for hydroxylation is 1. The van der Waals surface area contributed by atoms with Crippen LogP contribution < -0.4 is 16.0 Å². The Balaban J connectivity index is 2.61. The Morgan fingerprint density at radius 2 is 2.04 bits per heavy atom. The van der Waals surface area contributed by atoms with Gasteiger partial charge in [0, 0.05) is 18.8 Å². The van der Waals surface area contributed by atoms with Gasteiger partial charge in [-0.05, 0) is 25.8 Å². The number of hydrogen-bond acceptors (Lipinski definition) is 7. The quantitative estimate of drug-likeness (QED) is 0.747. The van der Waals surface area contributed by atoms with E-state index in [0.29, 0.717) is 17.5 Å². The number of carbonyl (C=O) groups is 1. The highest BCUT2D eigenvalue weighted by atomic mass is 16.1. The molecular weight excluding hydrogens is 316 g/mol. The number of nitrogens with one attached hydrogen (secondary N) is 1. The lowest BCUT2D eigenvalue weighted by Crippen LogP contribution is -2.31. The standard InChI is InChI=1S/C18H26N6O/c1-11(2)15-16(20-5)18(23-13(4)22-15)24(9-10-25)12(3)14-7-6-8-21-17(14)19/h6-8,10-12,20H,9H2,1-5H3,(H2,19,21). The molecule has 134 valence electrons. The largest absolute Gasteiger partial charge is 0.384 e. The summed E-state index contributed by atoms with van der Waals surface area (Å²) >= 11 is 0. The number of anilines is 3. The fraction of sp³-hybridized carbons (Fsp3) is 0.444. The molecule has 0 aromatic carbocycles. The van der Waals surface area contributed by atoms with Gasteiger partial charge in [0.1, 0.15) is 17.9 Å². The third-order valence-electron chi connectivity index (χ3n) is 4.16. The van der Waals surface area contributed by atoms with Gasteiger partial charge in [-0.1, -0.05) is 19.9 Å². The normalized spacial score (nSPS) is 12.1. The first-order chi connectivity index (χ1) is 11.9. The van der Waals surface area contributed by atoms with E-state index in [4.69, 9.17) is 5.73 Å². The second-order valence-corrected chi connectivity index (χ2v) is 6.23. The number of carbonyl (C=O) groups excluding carboxylic acids is 1. The average Bonchev–Trinajstić information content (AvgIpc) is 2.58. The Kier molecular flexibility index (Phi) is 5.90. The summed E-state index contributed by atoms with van der Waals surface area (Å²) in [6.45, 7) is 8.20. The molecule has 7 heteroatoms. The SMILES string of the molecule is CNc1c(C(C)C)nc(C)nc1N(CC=O)C(C)c1cccnc1N. The van der Waals surface area contributed by atoms with Gasteiger partial charge >= 0.3 is 0 Å². The molecule has 1 unspecified atom stereocenters. The molecule has 7 nitrogen and oxygen atoms in total. The van der Waals surface area contributed by atoms with E-state index in [-0.39, 0.29) is 18.5 Å². The zero-order valence-electron chi connectivity index (χ0n) is 15.4. The number of nitrogens with zero attached hydrogens (tertiary/aromatic N) is 4. The van der Waals surface area contributed by atoms with E-state index in [9.17, 15) is 4.79 Å². The summed E-state index contributed by atoms with van der Waals surface area (Å²) in [7, 11) is 1.84. The summed E-state index contributed by atoms with van der Waals surface area (Å²) in [4.78, 5) is 26.6. The topological polar surface area (TPSA) is 97.0 Å². The summed E-state index contributed by atoms with van der Waals surface area (Å²) in [6, 6.07) is 3.59. The van der Waals surface area contributed by atoms with E-state index in [1.807, 2.05) is 37.9 Å². The van der Waals surface area contributed by atoms with Crippen molar-refractivity contribution in [3.63, 3.8) is 0 Å². The van der Waals surface area contributed by atoms with Crippen LogP contribution in [0.4, 0.5) is 17.3 Å². The summed E-state index contributed by atoms with van der Waals surface area (Å²) in [5.74, 6) is 2.04. The Bertz CT molecular complexity index is 746. The zero-order valence-corrected chi connectivity index (χ0v) is 15.4. The third kappa shape index (κ3) is 3.87. The number of hydrogen-bond donors (Lipinski definition) is 2. The van der Waals surface area contributed by atoms with Crippen molar-refractivity contribution in [2.45, 2.75) is 39.7 Å². The number of nitrogen functional groups attached to an aromatic ring is 1. The number of pyridine rings is 1. The molecule has 2 aromatic heterocycles. The maximum Gasteiger partial charge on any atom is 0.156 e. The first-order valence-electron chi connectivity index (χ1n) is 8.37. The van der Waals surface area contributed by atoms with Crippen molar-refractivity contribution in [3.8, 4) is 0 Å². The van der Waals surface area contributed by atoms with E-state index in [1.165, 1.54) is 0 Å². The van der Waals surface area contributed by atoms with Crippen molar-refractivity contribution >= 4 is 23.6 Å². The summed E-state index contributed by atoms with van der Waals surface area (Å²) in [6.07, 6.45) is 2.52. The van der Waals surface area contributed by atoms with Gasteiger partial charge in [-0.15, -0.1) is 0 Å². The van der Waals surface area contributed by atoms with Crippen LogP contribution in [0.1, 0.15) is 49.8 Å². The first kappa shape index (κ1) is 18.6. The molecule has 0 fully saturated rings. The molecule has 0 aliphatic rings. The van der Waals surface area contributed by atoms with Crippen LogP contribution >= 0.6 is 0 Å². The summed E-state index contributed by atoms with van der Waals surface area (Å²) in [5.41, 5.74) is 8.65. The van der Waals surface area contributed by atoms with Crippen LogP contribution in [0.25, 0.3) is 0 Å². The summed E-state index contributed by atoms with van der Waals surface area (Å²) < 4.78 is 0. The lowest BCUT2D eigenvalue weighted by molar-refractivity contribution is -0.106. The Morgan fingerprint density at radius 3 is 2.60 bits per heavy atom. The minimum atomic E-state index is -0.166. The molecule has 0 saturated carbocycles. The fourth-order valence-corrected chi connectivity index (χ4v) is 2.90. The molecule has 2 aromatic rings. The first-order valence-corrected chi connectivity index (χ1v) is 8.37. The number of aldehydes is 1. The molecule has 0 saturated heterocycles. The van der Waals surface area contributed by atoms with Crippen molar-refractivity contribution in [2.75, 3.05) is 29.5 Å². The third-order valence-corrected chi connectivity index (χ3v) is 4.16. The Hall–Kier alpha value is -2.70. The van der Waals surface area contributed by atoms with Gasteiger partial charge < -0.3 is 20.7 Å². The molecule has 0 spiro atoms. The van der Waals surface area contributed by atoms with E-state index in [1.54, 1.807) is 6.20 Å². The Labute approximate surface area is 148 Å². The van der Waals surface area contributed by atoms with Gasteiger partial charge in [0.2, 0.25) is 0 Å². The number of rotatable bonds is 7. The lowest BCUT2D eigenvalue weighted by atomic mass is 10.1. The van der Waals surface area contributed by atoms with Crippen LogP contribution in [-0.4, -0.2) is 34.8 Å². The second-order valence-electron chi connectivity index (χ2n) is 6.23. The molecule has 25 heavy (non-hydrogen) atoms. The van der Waals surface area contributed by atoms with Crippen molar-refractivity contribution in [3.05, 3.63) is 35.4 Å². The minimum Gasteiger partial charge on any atom is -0.384 e. The smallest absolute Gasteiger partial charge is 0.156 e. The van der Waals surface area contributed by atoms with Crippen molar-refractivity contribution in [1.82, 2.24) is 15.0 Å². The van der Waals surface area contributed by atoms with Crippen LogP contribution in [0.5, 0.6) is 0 Å². The van der Waals surface area contributed by atoms with Crippen LogP contribution in [0, 0.1) is 6.92 Å². The highest BCUT2D eigenvalue weighted by Gasteiger charge is 2.25. The molecule has 0 amide bonds. The van der Waals surface area contributed by atoms with E-state index in [2.05, 4.69) is 34.1 Å². The molecule has 0 aliphatic carbocycles. The van der Waals surface area contributed by atoms with Gasteiger partial charge in [-0.2, -0.15) is 0 Å². The van der Waals surface area contributed by atoms with Gasteiger partial charge in [0.15, 0.2) is 5.82 Å². The van der Waals surface area contributed by atoms with Crippen molar-refractivity contribution in [2.24, 2.45) is 0 Å². The van der Waals surface area contributed by atoms with Crippen LogP contribution in [0.3, 0.4) is 0 Å². The molecule has 0 radical (unpaired) electrons. The van der Waals surface area contributed by atoms with Crippen molar-refractivity contribution < 1.29 is 4.79 Å². The van der Waals surface area contributed by atoms with Crippen LogP contribution in [0.15, 0.2) is 18.3 Å². The zero-order chi connectivity index (χ0) is 18.6. The molecule has 3 N–H and O–H groups in total. The predicted octanol–water partition coefficient (Wildman–Crippen LogP) is 2.69. The average molecular weight is 342 g/mol. The highest BCUT2D eigenvalue weighted by molar-refractivity contribution is 5.73. The van der Waals surface area contributed by atoms with Gasteiger partial charge in [-0.25, -0.2) is 15.0 Å². The molecule has 1 atom stereocenters. The van der Waals surface area contributed by atoms with Crippen LogP contribution in [0.2, 0.25) is 0 Å². The molecular formula is C18H26N6O. The number of nitrogens with two attached hydrogens (primary N) is 1. The predicted molar refractivity (Wildman–Crippen MR) is 101 cm³/mol. The molecule has 0 bridgehead atoms. The maximum absolute atomic E-state index is 11.4. The minimum absolute atomic E-state index is 0.166. The molecule has 2 heterocycles. The Morgan fingerprint density at radius 1 is 1.32 bits per heavy atom. The van der Waals surface area contributed by atoms with E-state index in [0.717, 1.165) is 23.2 Å². The van der Waals surface area contributed by atoms with Crippen molar-refractivity contribution in [1.29, 1.82) is 0 Å².